The van der Waals surface area contributed by atoms with E-state index in [1.54, 1.807) is 25.3 Å². The van der Waals surface area contributed by atoms with E-state index in [9.17, 15) is 18.6 Å². The predicted molar refractivity (Wildman–Crippen MR) is 158 cm³/mol. The fraction of sp³-hybridized carbons (Fsp3) is 0.429. The van der Waals surface area contributed by atoms with Gasteiger partial charge >= 0.3 is 0 Å². The molecule has 1 aromatic heterocycles. The quantitative estimate of drug-likeness (QED) is 0.219. The number of benzene rings is 2. The summed E-state index contributed by atoms with van der Waals surface area (Å²) in [6.07, 6.45) is 4.86. The maximum absolute atomic E-state index is 13.3. The third-order valence-corrected chi connectivity index (χ3v) is 9.63. The molecule has 2 heterocycles. The molecule has 41 heavy (non-hydrogen) atoms. The zero-order chi connectivity index (χ0) is 29.0. The Balaban J connectivity index is 1.39. The molecule has 0 amide bonds. The van der Waals surface area contributed by atoms with Crippen molar-refractivity contribution in [3.8, 4) is 5.75 Å². The first kappa shape index (κ1) is 29.5. The summed E-state index contributed by atoms with van der Waals surface area (Å²) in [4.78, 5) is 8.94. The van der Waals surface area contributed by atoms with E-state index in [-0.39, 0.29) is 41.4 Å². The van der Waals surface area contributed by atoms with Gasteiger partial charge in [-0.2, -0.15) is 9.29 Å². The average molecular weight is 603 g/mol. The van der Waals surface area contributed by atoms with Crippen LogP contribution in [0.15, 0.2) is 47.5 Å². The first-order valence-electron chi connectivity index (χ1n) is 13.7. The molecule has 0 spiro atoms. The summed E-state index contributed by atoms with van der Waals surface area (Å²) >= 11 is 6.43. The molecule has 5 N–H and O–H groups in total. The van der Waals surface area contributed by atoms with Gasteiger partial charge < -0.3 is 30.9 Å². The van der Waals surface area contributed by atoms with Gasteiger partial charge in [0.2, 0.25) is 16.0 Å². The molecule has 0 bridgehead atoms. The lowest BCUT2D eigenvalue weighted by Gasteiger charge is -2.20. The van der Waals surface area contributed by atoms with E-state index in [0.717, 1.165) is 37.0 Å². The number of hydrogen-bond acceptors (Lipinski definition) is 10. The predicted octanol–water partition coefficient (Wildman–Crippen LogP) is 3.21. The van der Waals surface area contributed by atoms with E-state index >= 15 is 0 Å². The number of fused-ring (bicyclic) bond motifs is 1. The third kappa shape index (κ3) is 6.58. The van der Waals surface area contributed by atoms with Gasteiger partial charge in [-0.15, -0.1) is 0 Å². The molecule has 2 aliphatic rings. The lowest BCUT2D eigenvalue weighted by molar-refractivity contribution is 0.189. The Bertz CT molecular complexity index is 1490. The van der Waals surface area contributed by atoms with Crippen LogP contribution in [0.25, 0.3) is 0 Å². The van der Waals surface area contributed by atoms with Gasteiger partial charge in [-0.3, -0.25) is 0 Å². The van der Waals surface area contributed by atoms with Gasteiger partial charge in [0.15, 0.2) is 5.82 Å². The zero-order valence-electron chi connectivity index (χ0n) is 22.8. The van der Waals surface area contributed by atoms with Gasteiger partial charge in [-0.05, 0) is 61.4 Å². The van der Waals surface area contributed by atoms with E-state index < -0.39 is 16.1 Å². The van der Waals surface area contributed by atoms with E-state index in [4.69, 9.17) is 16.3 Å². The van der Waals surface area contributed by atoms with Crippen molar-refractivity contribution in [2.24, 2.45) is 0 Å². The van der Waals surface area contributed by atoms with Gasteiger partial charge in [0.05, 0.1) is 37.4 Å². The molecule has 1 fully saturated rings. The molecule has 0 saturated carbocycles. The fourth-order valence-corrected chi connectivity index (χ4v) is 7.21. The highest BCUT2D eigenvalue weighted by Crippen LogP contribution is 2.37. The van der Waals surface area contributed by atoms with Crippen LogP contribution in [0.1, 0.15) is 30.4 Å². The lowest BCUT2D eigenvalue weighted by Crippen LogP contribution is -2.32. The first-order valence-corrected chi connectivity index (χ1v) is 15.5. The first-order chi connectivity index (χ1) is 19.8. The Morgan fingerprint density at radius 1 is 1.15 bits per heavy atom. The number of para-hydroxylation sites is 1. The van der Waals surface area contributed by atoms with Gasteiger partial charge in [-0.25, -0.2) is 13.4 Å². The molecule has 0 radical (unpaired) electrons. The number of methoxy groups -OCH3 is 1. The topological polar surface area (TPSA) is 149 Å². The Labute approximate surface area is 245 Å². The number of anilines is 4. The van der Waals surface area contributed by atoms with Crippen LogP contribution in [-0.4, -0.2) is 78.4 Å². The molecular weight excluding hydrogens is 568 g/mol. The number of hydrogen-bond donors (Lipinski definition) is 5. The average Bonchev–Trinajstić information content (AvgIpc) is 3.31. The van der Waals surface area contributed by atoms with Crippen LogP contribution >= 0.6 is 11.6 Å². The van der Waals surface area contributed by atoms with Crippen LogP contribution in [0.4, 0.5) is 23.1 Å². The summed E-state index contributed by atoms with van der Waals surface area (Å²) in [5.74, 6) is 1.22. The standard InChI is InChI=1S/C28H35ClN6O5S/c1-40-26-21-6-4-5-19(30-12-14-36)15-18(21)9-10-24(26)33-28-31-16-22(29)27(34-28)32-23-7-2-3-8-25(23)41(38,39)35-13-11-20(37)17-35/h2-3,7-10,16,19-20,30,36-37H,4-6,11-15,17H2,1H3,(H2,31,32,33,34). The van der Waals surface area contributed by atoms with Gasteiger partial charge in [-0.1, -0.05) is 29.8 Å². The second-order valence-corrected chi connectivity index (χ2v) is 12.5. The minimum atomic E-state index is -3.85. The van der Waals surface area contributed by atoms with E-state index in [2.05, 4.69) is 32.0 Å². The van der Waals surface area contributed by atoms with E-state index in [0.29, 0.717) is 30.4 Å². The third-order valence-electron chi connectivity index (χ3n) is 7.43. The Kier molecular flexibility index (Phi) is 9.27. The largest absolute Gasteiger partial charge is 0.494 e. The Morgan fingerprint density at radius 2 is 1.98 bits per heavy atom. The fourth-order valence-electron chi connectivity index (χ4n) is 5.43. The number of aliphatic hydroxyl groups excluding tert-OH is 2. The maximum Gasteiger partial charge on any atom is 0.245 e. The smallest absolute Gasteiger partial charge is 0.245 e. The molecule has 220 valence electrons. The van der Waals surface area contributed by atoms with Crippen molar-refractivity contribution < 1.29 is 23.4 Å². The summed E-state index contributed by atoms with van der Waals surface area (Å²) in [6.45, 7) is 0.986. The monoisotopic (exact) mass is 602 g/mol. The van der Waals surface area contributed by atoms with Crippen molar-refractivity contribution in [3.63, 3.8) is 0 Å². The zero-order valence-corrected chi connectivity index (χ0v) is 24.4. The Morgan fingerprint density at radius 3 is 2.73 bits per heavy atom. The van der Waals surface area contributed by atoms with Crippen LogP contribution in [0, 0.1) is 0 Å². The van der Waals surface area contributed by atoms with Crippen molar-refractivity contribution in [3.05, 3.63) is 58.7 Å². The minimum absolute atomic E-state index is 0.0570. The molecule has 13 heteroatoms. The van der Waals surface area contributed by atoms with Gasteiger partial charge in [0, 0.05) is 25.7 Å². The molecule has 1 saturated heterocycles. The van der Waals surface area contributed by atoms with Crippen molar-refractivity contribution in [2.75, 3.05) is 44.0 Å². The maximum atomic E-state index is 13.3. The molecule has 11 nitrogen and oxygen atoms in total. The SMILES string of the molecule is COc1c(Nc2ncc(Cl)c(Nc3ccccc3S(=O)(=O)N3CCC(O)C3)n2)ccc2c1CCCC(NCCO)C2. The number of nitrogens with one attached hydrogen (secondary N) is 3. The van der Waals surface area contributed by atoms with Crippen LogP contribution in [0.5, 0.6) is 5.75 Å². The van der Waals surface area contributed by atoms with Crippen LogP contribution in [-0.2, 0) is 22.9 Å². The van der Waals surface area contributed by atoms with Crippen LogP contribution in [0.3, 0.4) is 0 Å². The van der Waals surface area contributed by atoms with Gasteiger partial charge in [0.1, 0.15) is 15.7 Å². The number of β-amino-alcohol motifs (C(OH)–C–C–N with tert-alkyl or cyclic N) is 1. The van der Waals surface area contributed by atoms with E-state index in [1.807, 2.05) is 6.07 Å². The number of nitrogens with zero attached hydrogens (tertiary/aromatic N) is 3. The number of halogens is 1. The number of ether oxygens (including phenoxy) is 1. The molecule has 1 aliphatic carbocycles. The molecule has 3 aromatic rings. The summed E-state index contributed by atoms with van der Waals surface area (Å²) in [5, 5.41) is 29.0. The molecular formula is C28H35ClN6O5S. The summed E-state index contributed by atoms with van der Waals surface area (Å²) in [5.41, 5.74) is 3.34. The van der Waals surface area contributed by atoms with Crippen molar-refractivity contribution in [2.45, 2.75) is 49.1 Å². The number of sulfonamides is 1. The normalized spacial score (nSPS) is 19.4. The lowest BCUT2D eigenvalue weighted by atomic mass is 9.99. The number of aliphatic hydroxyl groups is 2. The summed E-state index contributed by atoms with van der Waals surface area (Å²) < 4.78 is 33.8. The van der Waals surface area contributed by atoms with Crippen molar-refractivity contribution in [1.82, 2.24) is 19.6 Å². The van der Waals surface area contributed by atoms with Crippen LogP contribution in [0.2, 0.25) is 5.02 Å². The minimum Gasteiger partial charge on any atom is -0.494 e. The second kappa shape index (κ2) is 12.9. The number of aromatic nitrogens is 2. The highest BCUT2D eigenvalue weighted by molar-refractivity contribution is 7.89. The highest BCUT2D eigenvalue weighted by Gasteiger charge is 2.33. The summed E-state index contributed by atoms with van der Waals surface area (Å²) in [6, 6.07) is 10.8. The number of rotatable bonds is 10. The molecule has 2 unspecified atom stereocenters. The van der Waals surface area contributed by atoms with Crippen molar-refractivity contribution in [1.29, 1.82) is 0 Å². The molecule has 2 aromatic carbocycles. The summed E-state index contributed by atoms with van der Waals surface area (Å²) in [7, 11) is -2.21. The molecule has 2 atom stereocenters. The van der Waals surface area contributed by atoms with Gasteiger partial charge in [0.25, 0.3) is 0 Å². The second-order valence-electron chi connectivity index (χ2n) is 10.2. The molecule has 1 aliphatic heterocycles. The highest BCUT2D eigenvalue weighted by atomic mass is 35.5. The van der Waals surface area contributed by atoms with E-state index in [1.165, 1.54) is 22.1 Å². The molecule has 5 rings (SSSR count). The van der Waals surface area contributed by atoms with Crippen LogP contribution < -0.4 is 20.7 Å². The Hall–Kier alpha value is -3.00. The van der Waals surface area contributed by atoms with Crippen molar-refractivity contribution >= 4 is 44.8 Å².